The van der Waals surface area contributed by atoms with Crippen molar-refractivity contribution in [3.63, 3.8) is 0 Å². The van der Waals surface area contributed by atoms with Crippen LogP contribution in [0.2, 0.25) is 0 Å². The van der Waals surface area contributed by atoms with E-state index in [0.717, 1.165) is 11.1 Å². The third kappa shape index (κ3) is 5.64. The molecule has 0 saturated heterocycles. The molecule has 0 aliphatic carbocycles. The summed E-state index contributed by atoms with van der Waals surface area (Å²) in [7, 11) is 0. The Labute approximate surface area is 115 Å². The van der Waals surface area contributed by atoms with Crippen molar-refractivity contribution < 1.29 is 14.2 Å². The van der Waals surface area contributed by atoms with Gasteiger partial charge in [-0.1, -0.05) is 30.3 Å². The summed E-state index contributed by atoms with van der Waals surface area (Å²) in [5, 5.41) is 0. The van der Waals surface area contributed by atoms with Gasteiger partial charge < -0.3 is 14.2 Å². The summed E-state index contributed by atoms with van der Waals surface area (Å²) in [6, 6.07) is 10.0. The highest BCUT2D eigenvalue weighted by molar-refractivity contribution is 5.65. The first-order valence-electron chi connectivity index (χ1n) is 6.70. The lowest BCUT2D eigenvalue weighted by Gasteiger charge is -2.08. The molecule has 19 heavy (non-hydrogen) atoms. The molecule has 0 aliphatic rings. The molecule has 0 atom stereocenters. The average Bonchev–Trinajstić information content (AvgIpc) is 2.44. The summed E-state index contributed by atoms with van der Waals surface area (Å²) in [5.41, 5.74) is 5.16. The van der Waals surface area contributed by atoms with Crippen LogP contribution in [0.25, 0.3) is 5.57 Å². The zero-order valence-corrected chi connectivity index (χ0v) is 11.9. The second kappa shape index (κ2) is 9.26. The Morgan fingerprint density at radius 2 is 1.58 bits per heavy atom. The van der Waals surface area contributed by atoms with E-state index in [1.807, 2.05) is 51.1 Å². The Kier molecular flexibility index (Phi) is 7.48. The Morgan fingerprint density at radius 3 is 2.11 bits per heavy atom. The maximum atomic E-state index is 5.48. The van der Waals surface area contributed by atoms with Crippen LogP contribution in [0.4, 0.5) is 0 Å². The summed E-state index contributed by atoms with van der Waals surface area (Å²) in [4.78, 5) is 0. The van der Waals surface area contributed by atoms with E-state index in [1.165, 1.54) is 0 Å². The molecule has 0 bridgehead atoms. The largest absolute Gasteiger partial charge is 0.460 e. The Hall–Kier alpha value is -1.70. The summed E-state index contributed by atoms with van der Waals surface area (Å²) in [6.45, 7) is 8.08. The van der Waals surface area contributed by atoms with Crippen molar-refractivity contribution in [3.8, 4) is 0 Å². The first kappa shape index (κ1) is 15.4. The zero-order chi connectivity index (χ0) is 13.9. The smallest absolute Gasteiger partial charge is 0.327 e. The maximum absolute atomic E-state index is 5.48. The van der Waals surface area contributed by atoms with Crippen LogP contribution in [0.5, 0.6) is 0 Å². The molecule has 0 amide bonds. The molecule has 0 aliphatic heterocycles. The molecule has 104 valence electrons. The van der Waals surface area contributed by atoms with E-state index in [4.69, 9.17) is 14.2 Å². The molecule has 0 unspecified atom stereocenters. The second-order valence-electron chi connectivity index (χ2n) is 3.76. The highest BCUT2D eigenvalue weighted by Gasteiger charge is 2.03. The highest BCUT2D eigenvalue weighted by Crippen LogP contribution is 2.14. The zero-order valence-electron chi connectivity index (χ0n) is 11.9. The third-order valence-corrected chi connectivity index (χ3v) is 2.38. The van der Waals surface area contributed by atoms with E-state index in [2.05, 4.69) is 5.73 Å². The molecule has 1 aromatic rings. The Morgan fingerprint density at radius 1 is 0.947 bits per heavy atom. The lowest BCUT2D eigenvalue weighted by atomic mass is 10.1. The van der Waals surface area contributed by atoms with Crippen LogP contribution >= 0.6 is 0 Å². The van der Waals surface area contributed by atoms with Crippen LogP contribution in [0.15, 0.2) is 42.0 Å². The summed E-state index contributed by atoms with van der Waals surface area (Å²) < 4.78 is 16.3. The summed E-state index contributed by atoms with van der Waals surface area (Å²) >= 11 is 0. The molecule has 0 fully saturated rings. The summed E-state index contributed by atoms with van der Waals surface area (Å²) in [6.07, 6.45) is 0. The molecule has 1 aromatic carbocycles. The van der Waals surface area contributed by atoms with Gasteiger partial charge in [-0.2, -0.15) is 0 Å². The standard InChI is InChI=1S/C16H22O3/c1-4-17-13-15(14-10-8-7-9-11-14)12-16(18-5-2)19-6-3/h7-11H,4-6,13H2,1-3H3. The SMILES string of the molecule is CCOCC(=C=C(OCC)OCC)c1ccccc1. The molecule has 0 heterocycles. The van der Waals surface area contributed by atoms with Gasteiger partial charge in [0, 0.05) is 12.2 Å². The van der Waals surface area contributed by atoms with Crippen LogP contribution in [0.3, 0.4) is 0 Å². The predicted octanol–water partition coefficient (Wildman–Crippen LogP) is 3.62. The van der Waals surface area contributed by atoms with Gasteiger partial charge >= 0.3 is 5.95 Å². The maximum Gasteiger partial charge on any atom is 0.327 e. The number of hydrogen-bond acceptors (Lipinski definition) is 3. The first-order chi connectivity index (χ1) is 9.31. The van der Waals surface area contributed by atoms with Gasteiger partial charge in [0.25, 0.3) is 0 Å². The molecule has 1 rings (SSSR count). The van der Waals surface area contributed by atoms with Gasteiger partial charge in [-0.25, -0.2) is 0 Å². The lowest BCUT2D eigenvalue weighted by Crippen LogP contribution is -2.00. The third-order valence-electron chi connectivity index (χ3n) is 2.38. The molecular weight excluding hydrogens is 240 g/mol. The van der Waals surface area contributed by atoms with E-state index < -0.39 is 0 Å². The molecule has 0 radical (unpaired) electrons. The van der Waals surface area contributed by atoms with Gasteiger partial charge in [-0.15, -0.1) is 0 Å². The molecule has 0 spiro atoms. The Balaban J connectivity index is 3.09. The van der Waals surface area contributed by atoms with Gasteiger partial charge in [-0.05, 0) is 32.1 Å². The minimum absolute atomic E-state index is 0.420. The quantitative estimate of drug-likeness (QED) is 0.529. The minimum Gasteiger partial charge on any atom is -0.460 e. The van der Waals surface area contributed by atoms with E-state index in [0.29, 0.717) is 32.4 Å². The molecule has 0 aromatic heterocycles. The number of rotatable bonds is 8. The fourth-order valence-electron chi connectivity index (χ4n) is 1.53. The Bertz CT molecular complexity index is 409. The van der Waals surface area contributed by atoms with Crippen LogP contribution in [0.1, 0.15) is 26.3 Å². The first-order valence-corrected chi connectivity index (χ1v) is 6.70. The van der Waals surface area contributed by atoms with Crippen LogP contribution in [0, 0.1) is 0 Å². The number of hydrogen-bond donors (Lipinski definition) is 0. The molecule has 0 saturated carbocycles. The monoisotopic (exact) mass is 262 g/mol. The predicted molar refractivity (Wildman–Crippen MR) is 76.6 cm³/mol. The fraction of sp³-hybridized carbons (Fsp3) is 0.438. The number of ether oxygens (including phenoxy) is 3. The lowest BCUT2D eigenvalue weighted by molar-refractivity contribution is 0.0477. The van der Waals surface area contributed by atoms with Gasteiger partial charge in [-0.3, -0.25) is 0 Å². The van der Waals surface area contributed by atoms with Gasteiger partial charge in [0.2, 0.25) is 0 Å². The minimum atomic E-state index is 0.420. The van der Waals surface area contributed by atoms with Crippen molar-refractivity contribution in [2.45, 2.75) is 20.8 Å². The topological polar surface area (TPSA) is 27.7 Å². The summed E-state index contributed by atoms with van der Waals surface area (Å²) in [5.74, 6) is 0.420. The van der Waals surface area contributed by atoms with Crippen molar-refractivity contribution in [2.24, 2.45) is 0 Å². The van der Waals surface area contributed by atoms with Crippen LogP contribution < -0.4 is 0 Å². The van der Waals surface area contributed by atoms with Crippen LogP contribution in [-0.4, -0.2) is 26.4 Å². The van der Waals surface area contributed by atoms with Crippen molar-refractivity contribution in [3.05, 3.63) is 47.6 Å². The molecule has 0 N–H and O–H groups in total. The van der Waals surface area contributed by atoms with E-state index in [9.17, 15) is 0 Å². The average molecular weight is 262 g/mol. The van der Waals surface area contributed by atoms with Crippen molar-refractivity contribution in [1.29, 1.82) is 0 Å². The van der Waals surface area contributed by atoms with E-state index in [1.54, 1.807) is 0 Å². The van der Waals surface area contributed by atoms with Crippen molar-refractivity contribution in [1.82, 2.24) is 0 Å². The fourth-order valence-corrected chi connectivity index (χ4v) is 1.53. The molecule has 3 nitrogen and oxygen atoms in total. The number of benzene rings is 1. The van der Waals surface area contributed by atoms with E-state index >= 15 is 0 Å². The van der Waals surface area contributed by atoms with Gasteiger partial charge in [0.1, 0.15) is 0 Å². The highest BCUT2D eigenvalue weighted by atomic mass is 16.7. The van der Waals surface area contributed by atoms with E-state index in [-0.39, 0.29) is 0 Å². The second-order valence-corrected chi connectivity index (χ2v) is 3.76. The van der Waals surface area contributed by atoms with Crippen LogP contribution in [-0.2, 0) is 14.2 Å². The van der Waals surface area contributed by atoms with Crippen molar-refractivity contribution in [2.75, 3.05) is 26.4 Å². The van der Waals surface area contributed by atoms with Crippen molar-refractivity contribution >= 4 is 5.57 Å². The molecular formula is C16H22O3. The van der Waals surface area contributed by atoms with Gasteiger partial charge in [0.05, 0.1) is 19.8 Å². The molecule has 3 heteroatoms. The van der Waals surface area contributed by atoms with Gasteiger partial charge in [0.15, 0.2) is 0 Å². The normalized spacial score (nSPS) is 9.63.